The molecule has 0 bridgehead atoms. The van der Waals surface area contributed by atoms with Gasteiger partial charge in [-0.15, -0.1) is 0 Å². The third-order valence-electron chi connectivity index (χ3n) is 12.6. The SMILES string of the molecule is C=CCOC(=O)[C@@H]1C[C@@H](O[C@@H]2O[C@H](COCc3ccccc3)[C@@H](OCc3ccccc3)[C@H](OCc3ccccc3)[C@H]2OC(=O)c2ccccc2)CN1C(=O)OCC1c2ccccc2-c2ccccc21. The van der Waals surface area contributed by atoms with E-state index >= 15 is 0 Å². The number of esters is 2. The summed E-state index contributed by atoms with van der Waals surface area (Å²) < 4.78 is 51.7. The minimum Gasteiger partial charge on any atom is -0.460 e. The minimum absolute atomic E-state index is 0.0258. The highest BCUT2D eigenvalue weighted by Crippen LogP contribution is 2.45. The zero-order chi connectivity index (χ0) is 47.4. The van der Waals surface area contributed by atoms with E-state index < -0.39 is 60.9 Å². The predicted molar refractivity (Wildman–Crippen MR) is 257 cm³/mol. The standard InChI is InChI=1S/C57H55NO11/c1-2-31-63-55(60)49-32-43(33-58(49)57(61)66-37-48-46-29-17-15-27-44(46)45-28-16-18-30-47(45)48)67-56-53(69-54(59)42-25-13-6-14-26-42)52(65-36-41-23-11-5-12-24-41)51(64-35-40-21-9-4-10-22-40)50(68-56)38-62-34-39-19-7-3-8-20-39/h2-30,43,48-53,56H,1,31-38H2/t43-,49+,50-,51-,52+,53-,56-/m1/s1. The quantitative estimate of drug-likeness (QED) is 0.0438. The van der Waals surface area contributed by atoms with Crippen LogP contribution in [0.5, 0.6) is 0 Å². The molecule has 2 fully saturated rings. The highest BCUT2D eigenvalue weighted by atomic mass is 16.7. The first kappa shape index (κ1) is 47.1. The summed E-state index contributed by atoms with van der Waals surface area (Å²) in [6, 6.07) is 52.9. The molecule has 0 spiro atoms. The van der Waals surface area contributed by atoms with Crippen molar-refractivity contribution in [3.8, 4) is 11.1 Å². The second-order valence-corrected chi connectivity index (χ2v) is 17.2. The number of likely N-dealkylation sites (tertiary alicyclic amines) is 1. The lowest BCUT2D eigenvalue weighted by molar-refractivity contribution is -0.325. The number of hydrogen-bond acceptors (Lipinski definition) is 11. The number of carbonyl (C=O) groups excluding carboxylic acids is 3. The first-order valence-corrected chi connectivity index (χ1v) is 23.3. The summed E-state index contributed by atoms with van der Waals surface area (Å²) in [5.41, 5.74) is 7.35. The van der Waals surface area contributed by atoms with Gasteiger partial charge in [0.15, 0.2) is 12.4 Å². The Bertz CT molecular complexity index is 2590. The molecular formula is C57H55NO11. The Morgan fingerprint density at radius 3 is 1.74 bits per heavy atom. The van der Waals surface area contributed by atoms with Crippen LogP contribution < -0.4 is 0 Å². The maximum Gasteiger partial charge on any atom is 0.410 e. The van der Waals surface area contributed by atoms with Gasteiger partial charge in [-0.1, -0.05) is 170 Å². The number of carbonyl (C=O) groups is 3. The van der Waals surface area contributed by atoms with Gasteiger partial charge in [0.2, 0.25) is 0 Å². The average Bonchev–Trinajstić information content (AvgIpc) is 3.97. The van der Waals surface area contributed by atoms with E-state index in [-0.39, 0.29) is 58.5 Å². The smallest absolute Gasteiger partial charge is 0.410 e. The van der Waals surface area contributed by atoms with Crippen molar-refractivity contribution in [2.75, 3.05) is 26.4 Å². The monoisotopic (exact) mass is 929 g/mol. The molecule has 354 valence electrons. The molecule has 2 aliphatic heterocycles. The van der Waals surface area contributed by atoms with Gasteiger partial charge in [-0.05, 0) is 51.1 Å². The van der Waals surface area contributed by atoms with Gasteiger partial charge in [0.05, 0.1) is 44.6 Å². The van der Waals surface area contributed by atoms with Gasteiger partial charge in [-0.25, -0.2) is 14.4 Å². The summed E-state index contributed by atoms with van der Waals surface area (Å²) in [5, 5.41) is 0. The number of nitrogens with zero attached hydrogens (tertiary/aromatic N) is 1. The zero-order valence-electron chi connectivity index (χ0n) is 38.2. The van der Waals surface area contributed by atoms with Gasteiger partial charge >= 0.3 is 18.0 Å². The number of rotatable bonds is 19. The molecule has 3 aliphatic rings. The summed E-state index contributed by atoms with van der Waals surface area (Å²) in [7, 11) is 0. The molecule has 2 heterocycles. The van der Waals surface area contributed by atoms with Gasteiger partial charge < -0.3 is 37.9 Å². The predicted octanol–water partition coefficient (Wildman–Crippen LogP) is 9.46. The van der Waals surface area contributed by atoms with E-state index in [4.69, 9.17) is 37.9 Å². The van der Waals surface area contributed by atoms with Crippen LogP contribution in [0, 0.1) is 0 Å². The normalized spacial score (nSPS) is 21.7. The van der Waals surface area contributed by atoms with E-state index in [2.05, 4.69) is 18.7 Å². The van der Waals surface area contributed by atoms with Crippen molar-refractivity contribution in [3.05, 3.63) is 216 Å². The molecule has 1 amide bonds. The Labute approximate surface area is 402 Å². The van der Waals surface area contributed by atoms with Crippen LogP contribution in [0.4, 0.5) is 4.79 Å². The molecular weight excluding hydrogens is 875 g/mol. The molecule has 12 heteroatoms. The maximum atomic E-state index is 14.3. The van der Waals surface area contributed by atoms with Crippen molar-refractivity contribution >= 4 is 18.0 Å². The first-order valence-electron chi connectivity index (χ1n) is 23.3. The third kappa shape index (κ3) is 11.5. The number of fused-ring (bicyclic) bond motifs is 3. The van der Waals surface area contributed by atoms with E-state index in [0.717, 1.165) is 38.9 Å². The highest BCUT2D eigenvalue weighted by Gasteiger charge is 2.53. The Hall–Kier alpha value is -6.93. The van der Waals surface area contributed by atoms with Crippen molar-refractivity contribution in [2.45, 2.75) is 75.0 Å². The molecule has 1 aliphatic carbocycles. The molecule has 0 saturated carbocycles. The van der Waals surface area contributed by atoms with Crippen molar-refractivity contribution in [2.24, 2.45) is 0 Å². The fraction of sp³-hybridized carbons (Fsp3) is 0.281. The van der Waals surface area contributed by atoms with Gasteiger partial charge in [0.25, 0.3) is 0 Å². The van der Waals surface area contributed by atoms with E-state index in [1.807, 2.05) is 133 Å². The van der Waals surface area contributed by atoms with E-state index in [1.54, 1.807) is 24.3 Å². The fourth-order valence-electron chi connectivity index (χ4n) is 9.23. The topological polar surface area (TPSA) is 128 Å². The maximum absolute atomic E-state index is 14.3. The summed E-state index contributed by atoms with van der Waals surface area (Å²) in [6.07, 6.45) is -5.19. The largest absolute Gasteiger partial charge is 0.460 e. The number of hydrogen-bond donors (Lipinski definition) is 0. The molecule has 2 saturated heterocycles. The molecule has 6 aromatic carbocycles. The first-order chi connectivity index (χ1) is 33.9. The molecule has 0 radical (unpaired) electrons. The Kier molecular flexibility index (Phi) is 15.7. The van der Waals surface area contributed by atoms with Gasteiger partial charge in [0.1, 0.15) is 37.6 Å². The third-order valence-corrected chi connectivity index (χ3v) is 12.6. The molecule has 0 N–H and O–H groups in total. The molecule has 9 rings (SSSR count). The van der Waals surface area contributed by atoms with E-state index in [9.17, 15) is 14.4 Å². The molecule has 0 unspecified atom stereocenters. The van der Waals surface area contributed by atoms with Crippen LogP contribution in [-0.2, 0) is 62.5 Å². The Balaban J connectivity index is 1.02. The molecule has 12 nitrogen and oxygen atoms in total. The summed E-state index contributed by atoms with van der Waals surface area (Å²) >= 11 is 0. The van der Waals surface area contributed by atoms with Crippen LogP contribution >= 0.6 is 0 Å². The van der Waals surface area contributed by atoms with Gasteiger partial charge in [0, 0.05) is 12.3 Å². The van der Waals surface area contributed by atoms with Crippen LogP contribution in [0.15, 0.2) is 183 Å². The second kappa shape index (κ2) is 22.9. The Morgan fingerprint density at radius 1 is 0.609 bits per heavy atom. The number of benzene rings is 6. The van der Waals surface area contributed by atoms with Crippen molar-refractivity contribution in [1.29, 1.82) is 0 Å². The van der Waals surface area contributed by atoms with Crippen LogP contribution in [0.25, 0.3) is 11.1 Å². The number of ether oxygens (including phenoxy) is 8. The highest BCUT2D eigenvalue weighted by molar-refractivity contribution is 5.89. The van der Waals surface area contributed by atoms with Crippen molar-refractivity contribution in [1.82, 2.24) is 4.90 Å². The van der Waals surface area contributed by atoms with Crippen LogP contribution in [0.3, 0.4) is 0 Å². The summed E-state index contributed by atoms with van der Waals surface area (Å²) in [5.74, 6) is -1.48. The van der Waals surface area contributed by atoms with Crippen LogP contribution in [0.2, 0.25) is 0 Å². The molecule has 7 atom stereocenters. The van der Waals surface area contributed by atoms with Crippen molar-refractivity contribution < 1.29 is 52.3 Å². The summed E-state index contributed by atoms with van der Waals surface area (Å²) in [6.45, 7) is 4.27. The minimum atomic E-state index is -1.29. The average molecular weight is 930 g/mol. The molecule has 6 aromatic rings. The van der Waals surface area contributed by atoms with Crippen LogP contribution in [-0.4, -0.2) is 92.1 Å². The molecule has 0 aromatic heterocycles. The molecule has 69 heavy (non-hydrogen) atoms. The second-order valence-electron chi connectivity index (χ2n) is 17.2. The summed E-state index contributed by atoms with van der Waals surface area (Å²) in [4.78, 5) is 43.5. The Morgan fingerprint density at radius 2 is 1.14 bits per heavy atom. The van der Waals surface area contributed by atoms with E-state index in [1.165, 1.54) is 11.0 Å². The van der Waals surface area contributed by atoms with Crippen molar-refractivity contribution in [3.63, 3.8) is 0 Å². The van der Waals surface area contributed by atoms with Crippen LogP contribution in [0.1, 0.15) is 50.5 Å². The number of amides is 1. The lowest BCUT2D eigenvalue weighted by Crippen LogP contribution is -2.62. The lowest BCUT2D eigenvalue weighted by Gasteiger charge is -2.46. The zero-order valence-corrected chi connectivity index (χ0v) is 38.2. The van der Waals surface area contributed by atoms with E-state index in [0.29, 0.717) is 5.56 Å². The fourth-order valence-corrected chi connectivity index (χ4v) is 9.23. The lowest BCUT2D eigenvalue weighted by atomic mass is 9.97. The van der Waals surface area contributed by atoms with Gasteiger partial charge in [-0.3, -0.25) is 4.90 Å². The van der Waals surface area contributed by atoms with Gasteiger partial charge in [-0.2, -0.15) is 0 Å².